The lowest BCUT2D eigenvalue weighted by Crippen LogP contribution is -2.13. The molecule has 2 aromatic heterocycles. The average molecular weight is 352 g/mol. The molecular formula is C14H10ClN3O4S. The van der Waals surface area contributed by atoms with Crippen molar-refractivity contribution >= 4 is 44.9 Å². The zero-order valence-electron chi connectivity index (χ0n) is 12.1. The lowest BCUT2D eigenvalue weighted by Gasteiger charge is -2.01. The third-order valence-corrected chi connectivity index (χ3v) is 4.84. The Morgan fingerprint density at radius 2 is 2.13 bits per heavy atom. The highest BCUT2D eigenvalue weighted by molar-refractivity contribution is 7.16. The number of benzene rings is 1. The van der Waals surface area contributed by atoms with E-state index in [9.17, 15) is 14.9 Å². The lowest BCUT2D eigenvalue weighted by atomic mass is 10.2. The highest BCUT2D eigenvalue weighted by atomic mass is 35.5. The molecule has 0 aliphatic rings. The van der Waals surface area contributed by atoms with Crippen molar-refractivity contribution in [2.75, 3.05) is 0 Å². The third-order valence-electron chi connectivity index (χ3n) is 3.33. The van der Waals surface area contributed by atoms with Crippen LogP contribution < -0.4 is 4.80 Å². The normalized spacial score (nSPS) is 12.0. The summed E-state index contributed by atoms with van der Waals surface area (Å²) in [7, 11) is 1.78. The molecule has 118 valence electrons. The van der Waals surface area contributed by atoms with Crippen LogP contribution in [0, 0.1) is 17.0 Å². The molecule has 7 nitrogen and oxygen atoms in total. The number of carbonyl (C=O) groups excluding carboxylic acids is 1. The summed E-state index contributed by atoms with van der Waals surface area (Å²) in [5, 5.41) is 11.2. The zero-order valence-corrected chi connectivity index (χ0v) is 13.6. The Hall–Kier alpha value is -2.45. The molecule has 0 bridgehead atoms. The molecule has 0 saturated carbocycles. The molecule has 0 saturated heterocycles. The van der Waals surface area contributed by atoms with Crippen LogP contribution in [0.2, 0.25) is 5.02 Å². The van der Waals surface area contributed by atoms with Crippen LogP contribution in [0.1, 0.15) is 16.1 Å². The second-order valence-electron chi connectivity index (χ2n) is 4.77. The van der Waals surface area contributed by atoms with Crippen molar-refractivity contribution in [3.8, 4) is 0 Å². The number of aryl methyl sites for hydroxylation is 2. The minimum atomic E-state index is -0.707. The predicted octanol–water partition coefficient (Wildman–Crippen LogP) is 3.44. The number of amides is 1. The summed E-state index contributed by atoms with van der Waals surface area (Å²) < 4.78 is 7.56. The summed E-state index contributed by atoms with van der Waals surface area (Å²) in [5.41, 5.74) is 1.78. The number of rotatable bonds is 2. The first kappa shape index (κ1) is 15.4. The number of fused-ring (bicyclic) bond motifs is 1. The Labute approximate surface area is 138 Å². The van der Waals surface area contributed by atoms with Gasteiger partial charge in [0.1, 0.15) is 4.92 Å². The smallest absolute Gasteiger partial charge is 0.395 e. The van der Waals surface area contributed by atoms with Crippen LogP contribution in [-0.2, 0) is 7.05 Å². The molecule has 0 N–H and O–H groups in total. The number of aromatic nitrogens is 1. The molecule has 0 unspecified atom stereocenters. The molecule has 0 aliphatic carbocycles. The molecule has 9 heteroatoms. The first-order valence-corrected chi connectivity index (χ1v) is 7.66. The van der Waals surface area contributed by atoms with Crippen molar-refractivity contribution in [1.29, 1.82) is 0 Å². The molecule has 3 aromatic rings. The minimum absolute atomic E-state index is 0.177. The van der Waals surface area contributed by atoms with Gasteiger partial charge in [0.2, 0.25) is 5.76 Å². The van der Waals surface area contributed by atoms with Gasteiger partial charge in [0, 0.05) is 12.1 Å². The predicted molar refractivity (Wildman–Crippen MR) is 85.8 cm³/mol. The van der Waals surface area contributed by atoms with E-state index in [1.165, 1.54) is 17.4 Å². The number of hydrogen-bond donors (Lipinski definition) is 0. The van der Waals surface area contributed by atoms with Crippen molar-refractivity contribution in [2.45, 2.75) is 6.92 Å². The lowest BCUT2D eigenvalue weighted by molar-refractivity contribution is -0.402. The molecule has 0 aliphatic heterocycles. The zero-order chi connectivity index (χ0) is 16.7. The van der Waals surface area contributed by atoms with E-state index in [1.54, 1.807) is 17.7 Å². The topological polar surface area (TPSA) is 90.6 Å². The van der Waals surface area contributed by atoms with Crippen molar-refractivity contribution < 1.29 is 14.1 Å². The summed E-state index contributed by atoms with van der Waals surface area (Å²) in [6.07, 6.45) is 0. The molecule has 1 aromatic carbocycles. The number of furan rings is 1. The van der Waals surface area contributed by atoms with Crippen LogP contribution in [-0.4, -0.2) is 15.4 Å². The summed E-state index contributed by atoms with van der Waals surface area (Å²) in [6.45, 7) is 1.89. The summed E-state index contributed by atoms with van der Waals surface area (Å²) >= 11 is 7.44. The molecule has 2 heterocycles. The van der Waals surface area contributed by atoms with Gasteiger partial charge >= 0.3 is 11.8 Å². The monoisotopic (exact) mass is 351 g/mol. The van der Waals surface area contributed by atoms with Gasteiger partial charge in [-0.2, -0.15) is 4.99 Å². The van der Waals surface area contributed by atoms with E-state index in [2.05, 4.69) is 4.99 Å². The third kappa shape index (κ3) is 2.66. The summed E-state index contributed by atoms with van der Waals surface area (Å²) in [5.74, 6) is -1.35. The van der Waals surface area contributed by atoms with Crippen LogP contribution in [0.3, 0.4) is 0 Å². The van der Waals surface area contributed by atoms with E-state index < -0.39 is 16.7 Å². The molecular weight excluding hydrogens is 342 g/mol. The fraction of sp³-hybridized carbons (Fsp3) is 0.143. The SMILES string of the molecule is Cc1c(Cl)ccc2sc(=NC(=O)c3ccc([N+](=O)[O-])o3)n(C)c12. The Kier molecular flexibility index (Phi) is 3.78. The number of nitrogens with zero attached hydrogens (tertiary/aromatic N) is 3. The van der Waals surface area contributed by atoms with Crippen molar-refractivity contribution in [1.82, 2.24) is 4.57 Å². The molecule has 0 radical (unpaired) electrons. The van der Waals surface area contributed by atoms with Crippen LogP contribution in [0.15, 0.2) is 33.7 Å². The fourth-order valence-electron chi connectivity index (χ4n) is 2.19. The van der Waals surface area contributed by atoms with E-state index in [0.717, 1.165) is 21.8 Å². The van der Waals surface area contributed by atoms with Crippen molar-refractivity contribution in [3.63, 3.8) is 0 Å². The maximum atomic E-state index is 12.1. The standard InChI is InChI=1S/C14H10ClN3O4S/c1-7-8(15)3-5-10-12(7)17(2)14(23-10)16-13(19)9-4-6-11(22-9)18(20)21/h3-6H,1-2H3. The molecule has 1 amide bonds. The van der Waals surface area contributed by atoms with Crippen LogP contribution in [0.5, 0.6) is 0 Å². The van der Waals surface area contributed by atoms with Gasteiger partial charge in [0.15, 0.2) is 4.80 Å². The van der Waals surface area contributed by atoms with Gasteiger partial charge in [-0.1, -0.05) is 22.9 Å². The van der Waals surface area contributed by atoms with E-state index in [1.807, 2.05) is 13.0 Å². The van der Waals surface area contributed by atoms with Gasteiger partial charge in [0.25, 0.3) is 0 Å². The number of hydrogen-bond acceptors (Lipinski definition) is 5. The molecule has 23 heavy (non-hydrogen) atoms. The van der Waals surface area contributed by atoms with Gasteiger partial charge in [-0.3, -0.25) is 14.9 Å². The second-order valence-corrected chi connectivity index (χ2v) is 6.19. The first-order chi connectivity index (χ1) is 10.9. The van der Waals surface area contributed by atoms with Gasteiger partial charge in [-0.15, -0.1) is 0 Å². The van der Waals surface area contributed by atoms with Gasteiger partial charge in [-0.25, -0.2) is 0 Å². The maximum Gasteiger partial charge on any atom is 0.433 e. The average Bonchev–Trinajstić information content (AvgIpc) is 3.10. The Morgan fingerprint density at radius 3 is 2.78 bits per heavy atom. The van der Waals surface area contributed by atoms with Crippen molar-refractivity contribution in [2.24, 2.45) is 12.0 Å². The largest absolute Gasteiger partial charge is 0.433 e. The highest BCUT2D eigenvalue weighted by Crippen LogP contribution is 2.26. The van der Waals surface area contributed by atoms with Gasteiger partial charge < -0.3 is 8.98 Å². The summed E-state index contributed by atoms with van der Waals surface area (Å²) in [4.78, 5) is 26.4. The number of carbonyl (C=O) groups is 1. The van der Waals surface area contributed by atoms with Gasteiger partial charge in [-0.05, 0) is 30.7 Å². The molecule has 0 fully saturated rings. The second kappa shape index (κ2) is 5.64. The van der Waals surface area contributed by atoms with Crippen LogP contribution >= 0.6 is 22.9 Å². The van der Waals surface area contributed by atoms with Gasteiger partial charge in [0.05, 0.1) is 16.3 Å². The first-order valence-electron chi connectivity index (χ1n) is 6.46. The van der Waals surface area contributed by atoms with Crippen LogP contribution in [0.4, 0.5) is 5.88 Å². The maximum absolute atomic E-state index is 12.1. The van der Waals surface area contributed by atoms with Crippen molar-refractivity contribution in [3.05, 3.63) is 55.5 Å². The number of thiazole rings is 1. The minimum Gasteiger partial charge on any atom is -0.395 e. The Bertz CT molecular complexity index is 1010. The Morgan fingerprint density at radius 1 is 1.39 bits per heavy atom. The van der Waals surface area contributed by atoms with E-state index in [-0.39, 0.29) is 5.76 Å². The van der Waals surface area contributed by atoms with E-state index in [0.29, 0.717) is 9.82 Å². The summed E-state index contributed by atoms with van der Waals surface area (Å²) in [6, 6.07) is 6.00. The Balaban J connectivity index is 2.10. The molecule has 0 atom stereocenters. The fourth-order valence-corrected chi connectivity index (χ4v) is 3.42. The number of halogens is 1. The van der Waals surface area contributed by atoms with E-state index in [4.69, 9.17) is 16.0 Å². The molecule has 0 spiro atoms. The number of nitro groups is 1. The highest BCUT2D eigenvalue weighted by Gasteiger charge is 2.17. The quantitative estimate of drug-likeness (QED) is 0.522. The molecule has 3 rings (SSSR count). The van der Waals surface area contributed by atoms with Crippen LogP contribution in [0.25, 0.3) is 10.2 Å². The van der Waals surface area contributed by atoms with E-state index >= 15 is 0 Å².